The van der Waals surface area contributed by atoms with Crippen LogP contribution >= 0.6 is 34.5 Å². The Morgan fingerprint density at radius 1 is 1.44 bits per heavy atom. The zero-order valence-corrected chi connectivity index (χ0v) is 13.1. The van der Waals surface area contributed by atoms with Gasteiger partial charge in [-0.25, -0.2) is 13.1 Å². The Balaban J connectivity index is 2.90. The standard InChI is InChI=1S/C10H15Cl2NO3S2/c1-6(2)3-7(5-14)13-18(15,16)8-4-9(11)17-10(8)12/h4,6-7,13-14H,3,5H2,1-2H3. The molecular weight excluding hydrogens is 317 g/mol. The summed E-state index contributed by atoms with van der Waals surface area (Å²) in [4.78, 5) is -0.0404. The molecule has 0 spiro atoms. The fourth-order valence-corrected chi connectivity index (χ4v) is 4.91. The molecule has 0 aliphatic rings. The highest BCUT2D eigenvalue weighted by molar-refractivity contribution is 7.89. The average Bonchev–Trinajstić information content (AvgIpc) is 2.56. The number of sulfonamides is 1. The minimum Gasteiger partial charge on any atom is -0.395 e. The third-order valence-electron chi connectivity index (χ3n) is 2.21. The lowest BCUT2D eigenvalue weighted by Crippen LogP contribution is -2.38. The van der Waals surface area contributed by atoms with Gasteiger partial charge >= 0.3 is 0 Å². The van der Waals surface area contributed by atoms with Gasteiger partial charge in [0.1, 0.15) is 9.23 Å². The summed E-state index contributed by atoms with van der Waals surface area (Å²) in [7, 11) is -3.74. The van der Waals surface area contributed by atoms with Crippen LogP contribution in [0, 0.1) is 5.92 Å². The second-order valence-corrected chi connectivity index (χ2v) is 8.29. The summed E-state index contributed by atoms with van der Waals surface area (Å²) >= 11 is 12.5. The van der Waals surface area contributed by atoms with Crippen molar-refractivity contribution in [1.29, 1.82) is 0 Å². The number of hydrogen-bond acceptors (Lipinski definition) is 4. The molecule has 1 unspecified atom stereocenters. The van der Waals surface area contributed by atoms with E-state index >= 15 is 0 Å². The summed E-state index contributed by atoms with van der Waals surface area (Å²) in [5, 5.41) is 9.18. The van der Waals surface area contributed by atoms with Crippen LogP contribution in [-0.2, 0) is 10.0 Å². The Morgan fingerprint density at radius 2 is 2.06 bits per heavy atom. The van der Waals surface area contributed by atoms with E-state index in [0.717, 1.165) is 11.3 Å². The molecular formula is C10H15Cl2NO3S2. The van der Waals surface area contributed by atoms with Crippen LogP contribution in [0.1, 0.15) is 20.3 Å². The van der Waals surface area contributed by atoms with Crippen molar-refractivity contribution < 1.29 is 13.5 Å². The van der Waals surface area contributed by atoms with Crippen LogP contribution < -0.4 is 4.72 Å². The van der Waals surface area contributed by atoms with Gasteiger partial charge in [0.25, 0.3) is 0 Å². The highest BCUT2D eigenvalue weighted by Gasteiger charge is 2.24. The van der Waals surface area contributed by atoms with Crippen LogP contribution in [0.15, 0.2) is 11.0 Å². The van der Waals surface area contributed by atoms with E-state index < -0.39 is 16.1 Å². The fraction of sp³-hybridized carbons (Fsp3) is 0.600. The maximum atomic E-state index is 12.1. The molecule has 0 aliphatic carbocycles. The van der Waals surface area contributed by atoms with Crippen LogP contribution in [0.2, 0.25) is 8.67 Å². The van der Waals surface area contributed by atoms with Crippen molar-refractivity contribution in [2.24, 2.45) is 5.92 Å². The van der Waals surface area contributed by atoms with E-state index in [4.69, 9.17) is 23.2 Å². The molecule has 8 heteroatoms. The van der Waals surface area contributed by atoms with Crippen LogP contribution in [0.25, 0.3) is 0 Å². The maximum absolute atomic E-state index is 12.1. The highest BCUT2D eigenvalue weighted by atomic mass is 35.5. The molecule has 18 heavy (non-hydrogen) atoms. The fourth-order valence-electron chi connectivity index (χ4n) is 1.52. The van der Waals surface area contributed by atoms with Gasteiger partial charge in [-0.05, 0) is 18.4 Å². The van der Waals surface area contributed by atoms with E-state index in [1.54, 1.807) is 0 Å². The van der Waals surface area contributed by atoms with Gasteiger partial charge in [0.15, 0.2) is 0 Å². The van der Waals surface area contributed by atoms with Crippen molar-refractivity contribution in [1.82, 2.24) is 4.72 Å². The number of rotatable bonds is 6. The molecule has 0 aromatic carbocycles. The van der Waals surface area contributed by atoms with Crippen molar-refractivity contribution in [3.63, 3.8) is 0 Å². The molecule has 0 bridgehead atoms. The molecule has 0 radical (unpaired) electrons. The highest BCUT2D eigenvalue weighted by Crippen LogP contribution is 2.34. The molecule has 1 heterocycles. The number of aliphatic hydroxyl groups excluding tert-OH is 1. The first-order valence-corrected chi connectivity index (χ1v) is 8.40. The van der Waals surface area contributed by atoms with E-state index in [1.165, 1.54) is 6.07 Å². The smallest absolute Gasteiger partial charge is 0.243 e. The average molecular weight is 332 g/mol. The Kier molecular flexibility index (Phi) is 5.89. The van der Waals surface area contributed by atoms with E-state index in [2.05, 4.69) is 4.72 Å². The first kappa shape index (κ1) is 16.2. The number of halogens is 2. The lowest BCUT2D eigenvalue weighted by molar-refractivity contribution is 0.240. The van der Waals surface area contributed by atoms with Gasteiger partial charge in [-0.15, -0.1) is 11.3 Å². The third-order valence-corrected chi connectivity index (χ3v) is 5.49. The molecule has 0 saturated carbocycles. The van der Waals surface area contributed by atoms with Crippen molar-refractivity contribution in [2.45, 2.75) is 31.2 Å². The number of aliphatic hydroxyl groups is 1. The summed E-state index contributed by atoms with van der Waals surface area (Å²) in [6.45, 7) is 3.64. The van der Waals surface area contributed by atoms with E-state index in [0.29, 0.717) is 10.8 Å². The molecule has 1 atom stereocenters. The monoisotopic (exact) mass is 331 g/mol. The molecule has 0 saturated heterocycles. The molecule has 2 N–H and O–H groups in total. The largest absolute Gasteiger partial charge is 0.395 e. The molecule has 1 aromatic rings. The van der Waals surface area contributed by atoms with Gasteiger partial charge in [0.05, 0.1) is 10.9 Å². The zero-order chi connectivity index (χ0) is 13.9. The molecule has 0 aliphatic heterocycles. The van der Waals surface area contributed by atoms with Crippen molar-refractivity contribution >= 4 is 44.6 Å². The van der Waals surface area contributed by atoms with Gasteiger partial charge in [0.2, 0.25) is 10.0 Å². The quantitative estimate of drug-likeness (QED) is 0.842. The predicted octanol–water partition coefficient (Wildman–Crippen LogP) is 2.74. The van der Waals surface area contributed by atoms with Gasteiger partial charge in [0, 0.05) is 6.04 Å². The van der Waals surface area contributed by atoms with Crippen LogP contribution in [0.5, 0.6) is 0 Å². The first-order valence-electron chi connectivity index (χ1n) is 5.34. The summed E-state index contributed by atoms with van der Waals surface area (Å²) in [6, 6.07) is 0.783. The Labute approximate surface area is 121 Å². The van der Waals surface area contributed by atoms with Crippen molar-refractivity contribution in [3.8, 4) is 0 Å². The number of thiophene rings is 1. The van der Waals surface area contributed by atoms with Gasteiger partial charge in [-0.2, -0.15) is 0 Å². The molecule has 4 nitrogen and oxygen atoms in total. The third kappa shape index (κ3) is 4.36. The molecule has 104 valence electrons. The lowest BCUT2D eigenvalue weighted by Gasteiger charge is -2.17. The summed E-state index contributed by atoms with van der Waals surface area (Å²) in [5.74, 6) is 0.270. The summed E-state index contributed by atoms with van der Waals surface area (Å²) in [5.41, 5.74) is 0. The van der Waals surface area contributed by atoms with E-state index in [9.17, 15) is 13.5 Å². The normalized spacial score (nSPS) is 14.1. The second kappa shape index (κ2) is 6.54. The van der Waals surface area contributed by atoms with Gasteiger partial charge in [-0.3, -0.25) is 0 Å². The minimum absolute atomic E-state index is 0.0404. The summed E-state index contributed by atoms with van der Waals surface area (Å²) < 4.78 is 27.0. The van der Waals surface area contributed by atoms with E-state index in [-0.39, 0.29) is 21.8 Å². The van der Waals surface area contributed by atoms with E-state index in [1.807, 2.05) is 13.8 Å². The molecule has 1 rings (SSSR count). The Bertz CT molecular complexity index is 499. The number of nitrogens with one attached hydrogen (secondary N) is 1. The van der Waals surface area contributed by atoms with Crippen LogP contribution in [0.3, 0.4) is 0 Å². The SMILES string of the molecule is CC(C)CC(CO)NS(=O)(=O)c1cc(Cl)sc1Cl. The Hall–Kier alpha value is 0.150. The Morgan fingerprint density at radius 3 is 2.44 bits per heavy atom. The van der Waals surface area contributed by atoms with Crippen LogP contribution in [0.4, 0.5) is 0 Å². The van der Waals surface area contributed by atoms with Gasteiger partial charge in [-0.1, -0.05) is 37.0 Å². The van der Waals surface area contributed by atoms with Crippen LogP contribution in [-0.4, -0.2) is 26.2 Å². The molecule has 0 amide bonds. The van der Waals surface area contributed by atoms with Gasteiger partial charge < -0.3 is 5.11 Å². The first-order chi connectivity index (χ1) is 8.26. The summed E-state index contributed by atoms with van der Waals surface area (Å²) in [6.07, 6.45) is 0.547. The van der Waals surface area contributed by atoms with Crippen molar-refractivity contribution in [3.05, 3.63) is 14.7 Å². The predicted molar refractivity (Wildman–Crippen MR) is 75.0 cm³/mol. The second-order valence-electron chi connectivity index (χ2n) is 4.32. The maximum Gasteiger partial charge on any atom is 0.243 e. The zero-order valence-electron chi connectivity index (χ0n) is 9.98. The topological polar surface area (TPSA) is 66.4 Å². The molecule has 1 aromatic heterocycles. The van der Waals surface area contributed by atoms with Crippen molar-refractivity contribution in [2.75, 3.05) is 6.61 Å². The molecule has 0 fully saturated rings. The number of hydrogen-bond donors (Lipinski definition) is 2. The lowest BCUT2D eigenvalue weighted by atomic mass is 10.1. The minimum atomic E-state index is -3.74.